The van der Waals surface area contributed by atoms with Gasteiger partial charge in [-0.15, -0.1) is 0 Å². The molecule has 1 rings (SSSR count). The van der Waals surface area contributed by atoms with Crippen molar-refractivity contribution in [2.24, 2.45) is 0 Å². The van der Waals surface area contributed by atoms with Crippen LogP contribution in [0.2, 0.25) is 0 Å². The summed E-state index contributed by atoms with van der Waals surface area (Å²) in [5.74, 6) is -1.50. The van der Waals surface area contributed by atoms with Gasteiger partial charge in [-0.05, 0) is 26.0 Å². The van der Waals surface area contributed by atoms with Gasteiger partial charge in [0.2, 0.25) is 0 Å². The van der Waals surface area contributed by atoms with Crippen LogP contribution < -0.4 is 4.90 Å². The average molecular weight is 287 g/mol. The minimum atomic E-state index is -4.66. The van der Waals surface area contributed by atoms with E-state index in [9.17, 15) is 18.0 Å². The van der Waals surface area contributed by atoms with E-state index >= 15 is 0 Å². The Bertz CT molecular complexity index is 550. The molecule has 0 amide bonds. The molecule has 20 heavy (non-hydrogen) atoms. The molecule has 0 atom stereocenters. The quantitative estimate of drug-likeness (QED) is 0.919. The van der Waals surface area contributed by atoms with Gasteiger partial charge in [0.1, 0.15) is 24.1 Å². The molecule has 5 nitrogen and oxygen atoms in total. The summed E-state index contributed by atoms with van der Waals surface area (Å²) in [7, 11) is 0. The van der Waals surface area contributed by atoms with Gasteiger partial charge in [-0.3, -0.25) is 4.79 Å². The highest BCUT2D eigenvalue weighted by atomic mass is 19.4. The second-order valence-corrected chi connectivity index (χ2v) is 4.29. The number of nitriles is 1. The third-order valence-corrected chi connectivity index (χ3v) is 2.49. The minimum Gasteiger partial charge on any atom is -0.480 e. The Labute approximate surface area is 113 Å². The lowest BCUT2D eigenvalue weighted by atomic mass is 10.2. The summed E-state index contributed by atoms with van der Waals surface area (Å²) in [5.41, 5.74) is -1.27. The molecule has 1 N–H and O–H groups in total. The largest absolute Gasteiger partial charge is 0.480 e. The van der Waals surface area contributed by atoms with E-state index in [2.05, 4.69) is 4.98 Å². The number of rotatable bonds is 4. The van der Waals surface area contributed by atoms with Crippen LogP contribution in [0.25, 0.3) is 0 Å². The molecule has 1 heterocycles. The average Bonchev–Trinajstić information content (AvgIpc) is 2.33. The first-order valence-electron chi connectivity index (χ1n) is 5.63. The van der Waals surface area contributed by atoms with Crippen LogP contribution in [0, 0.1) is 11.3 Å². The summed E-state index contributed by atoms with van der Waals surface area (Å²) in [6.45, 7) is 2.67. The monoisotopic (exact) mass is 287 g/mol. The number of aliphatic carboxylic acids is 1. The zero-order chi connectivity index (χ0) is 15.5. The molecule has 8 heteroatoms. The maximum Gasteiger partial charge on any atom is 0.433 e. The van der Waals surface area contributed by atoms with Crippen LogP contribution in [0.5, 0.6) is 0 Å². The smallest absolute Gasteiger partial charge is 0.433 e. The number of nitrogens with zero attached hydrogens (tertiary/aromatic N) is 3. The van der Waals surface area contributed by atoms with Gasteiger partial charge in [-0.2, -0.15) is 18.4 Å². The maximum atomic E-state index is 12.7. The van der Waals surface area contributed by atoms with Crippen LogP contribution in [0.3, 0.4) is 0 Å². The van der Waals surface area contributed by atoms with Crippen LogP contribution in [0.1, 0.15) is 25.1 Å². The highest BCUT2D eigenvalue weighted by molar-refractivity contribution is 5.74. The van der Waals surface area contributed by atoms with Gasteiger partial charge in [0, 0.05) is 6.04 Å². The number of carbonyl (C=O) groups is 1. The molecule has 0 spiro atoms. The lowest BCUT2D eigenvalue weighted by Gasteiger charge is -2.27. The number of hydrogen-bond donors (Lipinski definition) is 1. The Hall–Kier alpha value is -2.30. The van der Waals surface area contributed by atoms with Gasteiger partial charge in [0.15, 0.2) is 0 Å². The van der Waals surface area contributed by atoms with Crippen molar-refractivity contribution in [3.63, 3.8) is 0 Å². The van der Waals surface area contributed by atoms with Crippen molar-refractivity contribution in [3.05, 3.63) is 23.4 Å². The molecule has 108 valence electrons. The molecule has 0 unspecified atom stereocenters. The normalized spacial score (nSPS) is 11.2. The first kappa shape index (κ1) is 15.8. The highest BCUT2D eigenvalue weighted by Crippen LogP contribution is 2.30. The maximum absolute atomic E-state index is 12.7. The topological polar surface area (TPSA) is 77.2 Å². The van der Waals surface area contributed by atoms with Crippen LogP contribution in [0.4, 0.5) is 19.0 Å². The van der Waals surface area contributed by atoms with E-state index in [0.717, 1.165) is 11.0 Å². The molecule has 0 aromatic carbocycles. The molecule has 0 saturated carbocycles. The molecule has 0 bridgehead atoms. The van der Waals surface area contributed by atoms with Crippen molar-refractivity contribution >= 4 is 11.8 Å². The van der Waals surface area contributed by atoms with E-state index in [1.165, 1.54) is 0 Å². The number of hydrogen-bond acceptors (Lipinski definition) is 4. The standard InChI is InChI=1S/C12H12F3N3O2/c1-7(2)18(6-10(19)20)11-8(5-16)3-4-9(17-11)12(13,14)15/h3-4,7H,6H2,1-2H3,(H,19,20). The highest BCUT2D eigenvalue weighted by Gasteiger charge is 2.34. The van der Waals surface area contributed by atoms with Crippen LogP contribution in [-0.2, 0) is 11.0 Å². The molecule has 0 aliphatic heterocycles. The van der Waals surface area contributed by atoms with E-state index in [1.54, 1.807) is 19.9 Å². The number of alkyl halides is 3. The first-order valence-corrected chi connectivity index (χ1v) is 5.63. The Morgan fingerprint density at radius 2 is 2.10 bits per heavy atom. The Balaban J connectivity index is 3.38. The van der Waals surface area contributed by atoms with E-state index < -0.39 is 30.4 Å². The van der Waals surface area contributed by atoms with Crippen molar-refractivity contribution < 1.29 is 23.1 Å². The number of halogens is 3. The lowest BCUT2D eigenvalue weighted by Crippen LogP contribution is -2.37. The summed E-state index contributed by atoms with van der Waals surface area (Å²) in [6.07, 6.45) is -4.66. The SMILES string of the molecule is CC(C)N(CC(=O)O)c1nc(C(F)(F)F)ccc1C#N. The van der Waals surface area contributed by atoms with E-state index in [-0.39, 0.29) is 11.4 Å². The summed E-state index contributed by atoms with van der Waals surface area (Å²) < 4.78 is 38.0. The number of anilines is 1. The van der Waals surface area contributed by atoms with Gasteiger partial charge in [-0.25, -0.2) is 4.98 Å². The van der Waals surface area contributed by atoms with Gasteiger partial charge in [0.05, 0.1) is 5.56 Å². The summed E-state index contributed by atoms with van der Waals surface area (Å²) in [6, 6.07) is 2.98. The molecule has 0 fully saturated rings. The summed E-state index contributed by atoms with van der Waals surface area (Å²) in [4.78, 5) is 15.3. The molecule has 0 radical (unpaired) electrons. The van der Waals surface area contributed by atoms with Gasteiger partial charge < -0.3 is 10.0 Å². The van der Waals surface area contributed by atoms with Gasteiger partial charge >= 0.3 is 12.1 Å². The Morgan fingerprint density at radius 1 is 1.50 bits per heavy atom. The Morgan fingerprint density at radius 3 is 2.50 bits per heavy atom. The number of carboxylic acid groups (broad SMARTS) is 1. The van der Waals surface area contributed by atoms with Crippen LogP contribution >= 0.6 is 0 Å². The fourth-order valence-corrected chi connectivity index (χ4v) is 1.56. The predicted octanol–water partition coefficient (Wildman–Crippen LogP) is 2.27. The van der Waals surface area contributed by atoms with Crippen LogP contribution in [0.15, 0.2) is 12.1 Å². The third-order valence-electron chi connectivity index (χ3n) is 2.49. The zero-order valence-corrected chi connectivity index (χ0v) is 10.8. The van der Waals surface area contributed by atoms with Gasteiger partial charge in [-0.1, -0.05) is 0 Å². The molecule has 1 aromatic heterocycles. The number of carboxylic acids is 1. The van der Waals surface area contributed by atoms with Crippen molar-refractivity contribution in [2.45, 2.75) is 26.1 Å². The van der Waals surface area contributed by atoms with E-state index in [1.807, 2.05) is 0 Å². The molecule has 0 saturated heterocycles. The first-order chi connectivity index (χ1) is 9.16. The van der Waals surface area contributed by atoms with E-state index in [0.29, 0.717) is 6.07 Å². The van der Waals surface area contributed by atoms with Crippen molar-refractivity contribution in [3.8, 4) is 6.07 Å². The van der Waals surface area contributed by atoms with Gasteiger partial charge in [0.25, 0.3) is 0 Å². The number of pyridine rings is 1. The zero-order valence-electron chi connectivity index (χ0n) is 10.8. The fourth-order valence-electron chi connectivity index (χ4n) is 1.56. The van der Waals surface area contributed by atoms with Crippen molar-refractivity contribution in [1.82, 2.24) is 4.98 Å². The van der Waals surface area contributed by atoms with Crippen LogP contribution in [-0.4, -0.2) is 28.6 Å². The third kappa shape index (κ3) is 3.60. The van der Waals surface area contributed by atoms with Crippen molar-refractivity contribution in [1.29, 1.82) is 5.26 Å². The molecular weight excluding hydrogens is 275 g/mol. The molecule has 0 aliphatic carbocycles. The predicted molar refractivity (Wildman–Crippen MR) is 64.1 cm³/mol. The second-order valence-electron chi connectivity index (χ2n) is 4.29. The lowest BCUT2D eigenvalue weighted by molar-refractivity contribution is -0.141. The fraction of sp³-hybridized carbons (Fsp3) is 0.417. The molecule has 0 aliphatic rings. The minimum absolute atomic E-state index is 0.104. The molecule has 1 aromatic rings. The number of aromatic nitrogens is 1. The summed E-state index contributed by atoms with van der Waals surface area (Å²) >= 11 is 0. The Kier molecular flexibility index (Phi) is 4.55. The second kappa shape index (κ2) is 5.77. The summed E-state index contributed by atoms with van der Waals surface area (Å²) in [5, 5.41) is 17.7. The molecular formula is C12H12F3N3O2. The van der Waals surface area contributed by atoms with Crippen molar-refractivity contribution in [2.75, 3.05) is 11.4 Å². The van der Waals surface area contributed by atoms with E-state index in [4.69, 9.17) is 10.4 Å².